The van der Waals surface area contributed by atoms with Crippen molar-refractivity contribution in [3.8, 4) is 0 Å². The van der Waals surface area contributed by atoms with E-state index in [0.717, 1.165) is 16.0 Å². The molecule has 2 aromatic rings. The Labute approximate surface area is 105 Å². The summed E-state index contributed by atoms with van der Waals surface area (Å²) in [5, 5.41) is 10.3. The molecule has 1 N–H and O–H groups in total. The first kappa shape index (κ1) is 12.3. The number of hydrogen-bond donors (Lipinski definition) is 1. The van der Waals surface area contributed by atoms with E-state index >= 15 is 0 Å². The molecule has 17 heavy (non-hydrogen) atoms. The molecule has 0 saturated heterocycles. The highest BCUT2D eigenvalue weighted by atomic mass is 32.1. The van der Waals surface area contributed by atoms with Crippen molar-refractivity contribution in [2.45, 2.75) is 26.9 Å². The molecule has 0 aliphatic rings. The first-order valence-corrected chi connectivity index (χ1v) is 6.31. The molecule has 0 bridgehead atoms. The second kappa shape index (κ2) is 4.59. The van der Waals surface area contributed by atoms with Gasteiger partial charge in [0.05, 0.1) is 0 Å². The Morgan fingerprint density at radius 1 is 1.12 bits per heavy atom. The number of aliphatic hydroxyl groups is 1. The maximum Gasteiger partial charge on any atom is 0.126 e. The van der Waals surface area contributed by atoms with Gasteiger partial charge in [-0.05, 0) is 49.6 Å². The van der Waals surface area contributed by atoms with Crippen LogP contribution >= 0.6 is 11.3 Å². The molecule has 0 fully saturated rings. The molecule has 1 nitrogen and oxygen atoms in total. The lowest BCUT2D eigenvalue weighted by molar-refractivity contribution is 0.223. The number of rotatable bonds is 2. The molecule has 2 rings (SSSR count). The summed E-state index contributed by atoms with van der Waals surface area (Å²) in [6, 6.07) is 6.80. The maximum absolute atomic E-state index is 13.2. The molecule has 0 amide bonds. The number of aliphatic hydroxyl groups excluding tert-OH is 1. The van der Waals surface area contributed by atoms with E-state index < -0.39 is 6.10 Å². The van der Waals surface area contributed by atoms with E-state index in [2.05, 4.69) is 6.07 Å². The largest absolute Gasteiger partial charge is 0.383 e. The summed E-state index contributed by atoms with van der Waals surface area (Å²) in [5.74, 6) is -0.236. The van der Waals surface area contributed by atoms with E-state index in [-0.39, 0.29) is 5.82 Å². The minimum Gasteiger partial charge on any atom is -0.383 e. The summed E-state index contributed by atoms with van der Waals surface area (Å²) in [7, 11) is 0. The Morgan fingerprint density at radius 3 is 2.35 bits per heavy atom. The molecule has 90 valence electrons. The van der Waals surface area contributed by atoms with Crippen molar-refractivity contribution in [1.82, 2.24) is 0 Å². The zero-order chi connectivity index (χ0) is 12.6. The third kappa shape index (κ3) is 2.40. The molecular weight excluding hydrogens is 235 g/mol. The van der Waals surface area contributed by atoms with Gasteiger partial charge in [-0.25, -0.2) is 4.39 Å². The van der Waals surface area contributed by atoms with Crippen LogP contribution in [0.1, 0.15) is 32.5 Å². The third-order valence-corrected chi connectivity index (χ3v) is 4.03. The highest BCUT2D eigenvalue weighted by Gasteiger charge is 2.16. The van der Waals surface area contributed by atoms with Gasteiger partial charge >= 0.3 is 0 Å². The number of benzene rings is 1. The first-order valence-electron chi connectivity index (χ1n) is 5.50. The number of halogens is 1. The summed E-state index contributed by atoms with van der Waals surface area (Å²) in [6.45, 7) is 5.71. The van der Waals surface area contributed by atoms with Crippen LogP contribution in [0.2, 0.25) is 0 Å². The fourth-order valence-corrected chi connectivity index (χ4v) is 2.97. The summed E-state index contributed by atoms with van der Waals surface area (Å²) in [6.07, 6.45) is -0.659. The summed E-state index contributed by atoms with van der Waals surface area (Å²) in [4.78, 5) is 2.11. The Hall–Kier alpha value is -1.19. The number of thiophene rings is 1. The summed E-state index contributed by atoms with van der Waals surface area (Å²) >= 11 is 1.58. The lowest BCUT2D eigenvalue weighted by atomic mass is 10.0. The third-order valence-electron chi connectivity index (χ3n) is 2.83. The van der Waals surface area contributed by atoms with Gasteiger partial charge in [-0.1, -0.05) is 12.1 Å². The van der Waals surface area contributed by atoms with Crippen molar-refractivity contribution < 1.29 is 9.50 Å². The minimum absolute atomic E-state index is 0.236. The van der Waals surface area contributed by atoms with Gasteiger partial charge in [0.25, 0.3) is 0 Å². The van der Waals surface area contributed by atoms with Crippen LogP contribution < -0.4 is 0 Å². The molecule has 1 atom stereocenters. The topological polar surface area (TPSA) is 20.2 Å². The van der Waals surface area contributed by atoms with Crippen LogP contribution in [0.5, 0.6) is 0 Å². The monoisotopic (exact) mass is 250 g/mol. The molecule has 0 saturated carbocycles. The second-order valence-corrected chi connectivity index (χ2v) is 5.60. The van der Waals surface area contributed by atoms with Crippen molar-refractivity contribution in [1.29, 1.82) is 0 Å². The predicted molar refractivity (Wildman–Crippen MR) is 69.0 cm³/mol. The van der Waals surface area contributed by atoms with Gasteiger partial charge in [-0.2, -0.15) is 0 Å². The molecule has 1 unspecified atom stereocenters. The predicted octanol–water partition coefficient (Wildman–Crippen LogP) is 3.89. The van der Waals surface area contributed by atoms with Crippen LogP contribution in [0.15, 0.2) is 24.3 Å². The standard InChI is InChI=1S/C14H15FOS/c1-8-7-11(4-5-12(8)15)13(16)14-9(2)6-10(3)17-14/h4-7,13,16H,1-3H3. The van der Waals surface area contributed by atoms with E-state index in [0.29, 0.717) is 5.56 Å². The van der Waals surface area contributed by atoms with E-state index in [9.17, 15) is 9.50 Å². The van der Waals surface area contributed by atoms with Gasteiger partial charge in [0, 0.05) is 9.75 Å². The Kier molecular flexibility index (Phi) is 3.31. The highest BCUT2D eigenvalue weighted by molar-refractivity contribution is 7.12. The SMILES string of the molecule is Cc1cc(C)c(C(O)c2ccc(F)c(C)c2)s1. The van der Waals surface area contributed by atoms with Crippen molar-refractivity contribution in [2.24, 2.45) is 0 Å². The summed E-state index contributed by atoms with van der Waals surface area (Å²) < 4.78 is 13.2. The van der Waals surface area contributed by atoms with Crippen LogP contribution in [0.25, 0.3) is 0 Å². The van der Waals surface area contributed by atoms with Crippen molar-refractivity contribution >= 4 is 11.3 Å². The van der Waals surface area contributed by atoms with E-state index in [1.807, 2.05) is 13.8 Å². The Bertz CT molecular complexity index is 545. The van der Waals surface area contributed by atoms with Gasteiger partial charge in [0.15, 0.2) is 0 Å². The molecule has 1 aromatic carbocycles. The van der Waals surface area contributed by atoms with Crippen LogP contribution in [0.4, 0.5) is 4.39 Å². The van der Waals surface area contributed by atoms with Crippen LogP contribution in [-0.4, -0.2) is 5.11 Å². The van der Waals surface area contributed by atoms with Gasteiger partial charge in [0.1, 0.15) is 11.9 Å². The number of aryl methyl sites for hydroxylation is 3. The second-order valence-electron chi connectivity index (χ2n) is 4.32. The molecule has 3 heteroatoms. The van der Waals surface area contributed by atoms with Crippen molar-refractivity contribution in [3.05, 3.63) is 56.5 Å². The molecule has 0 spiro atoms. The van der Waals surface area contributed by atoms with E-state index in [4.69, 9.17) is 0 Å². The smallest absolute Gasteiger partial charge is 0.126 e. The fraction of sp³-hybridized carbons (Fsp3) is 0.286. The molecule has 0 aliphatic heterocycles. The molecule has 1 heterocycles. The average Bonchev–Trinajstić information content (AvgIpc) is 2.61. The van der Waals surface area contributed by atoms with Crippen molar-refractivity contribution in [3.63, 3.8) is 0 Å². The highest BCUT2D eigenvalue weighted by Crippen LogP contribution is 2.32. The van der Waals surface area contributed by atoms with Gasteiger partial charge in [-0.3, -0.25) is 0 Å². The molecule has 1 aromatic heterocycles. The van der Waals surface area contributed by atoms with Crippen LogP contribution in [0, 0.1) is 26.6 Å². The molecule has 0 aliphatic carbocycles. The number of hydrogen-bond acceptors (Lipinski definition) is 2. The maximum atomic E-state index is 13.2. The molecular formula is C14H15FOS. The normalized spacial score (nSPS) is 12.8. The zero-order valence-electron chi connectivity index (χ0n) is 10.1. The minimum atomic E-state index is -0.659. The average molecular weight is 250 g/mol. The van der Waals surface area contributed by atoms with E-state index in [1.165, 1.54) is 10.9 Å². The van der Waals surface area contributed by atoms with Gasteiger partial charge in [0.2, 0.25) is 0 Å². The lowest BCUT2D eigenvalue weighted by Crippen LogP contribution is -2.00. The first-order chi connectivity index (χ1) is 7.99. The van der Waals surface area contributed by atoms with E-state index in [1.54, 1.807) is 30.4 Å². The summed E-state index contributed by atoms with van der Waals surface area (Å²) in [5.41, 5.74) is 2.39. The zero-order valence-corrected chi connectivity index (χ0v) is 10.9. The van der Waals surface area contributed by atoms with Crippen molar-refractivity contribution in [2.75, 3.05) is 0 Å². The lowest BCUT2D eigenvalue weighted by Gasteiger charge is -2.11. The Morgan fingerprint density at radius 2 is 1.82 bits per heavy atom. The Balaban J connectivity index is 2.40. The quantitative estimate of drug-likeness (QED) is 0.857. The van der Waals surface area contributed by atoms with Gasteiger partial charge in [-0.15, -0.1) is 11.3 Å². The fourth-order valence-electron chi connectivity index (χ4n) is 1.92. The molecule has 0 radical (unpaired) electrons. The van der Waals surface area contributed by atoms with Gasteiger partial charge < -0.3 is 5.11 Å². The van der Waals surface area contributed by atoms with Crippen LogP contribution in [0.3, 0.4) is 0 Å². The van der Waals surface area contributed by atoms with Crippen LogP contribution in [-0.2, 0) is 0 Å².